The third-order valence-electron chi connectivity index (χ3n) is 3.68. The first-order valence-corrected chi connectivity index (χ1v) is 7.96. The van der Waals surface area contributed by atoms with Gasteiger partial charge in [0.05, 0.1) is 23.6 Å². The van der Waals surface area contributed by atoms with Crippen LogP contribution in [0.5, 0.6) is 0 Å². The lowest BCUT2D eigenvalue weighted by Gasteiger charge is -2.19. The summed E-state index contributed by atoms with van der Waals surface area (Å²) in [4.78, 5) is 0. The maximum absolute atomic E-state index is 4.58. The molecule has 1 N–H and O–H groups in total. The molecule has 0 aliphatic rings. The second-order valence-corrected chi connectivity index (χ2v) is 5.44. The van der Waals surface area contributed by atoms with Crippen LogP contribution >= 0.6 is 0 Å². The maximum Gasteiger partial charge on any atom is 0.0597 e. The van der Waals surface area contributed by atoms with Crippen LogP contribution < -0.4 is 5.32 Å². The lowest BCUT2D eigenvalue weighted by atomic mass is 10.1. The molecular weight excluding hydrogens is 262 g/mol. The van der Waals surface area contributed by atoms with Gasteiger partial charge in [0, 0.05) is 19.3 Å². The van der Waals surface area contributed by atoms with Gasteiger partial charge in [-0.15, -0.1) is 0 Å². The Bertz CT molecular complexity index is 555. The monoisotopic (exact) mass is 289 g/mol. The Morgan fingerprint density at radius 2 is 2.05 bits per heavy atom. The molecule has 21 heavy (non-hydrogen) atoms. The van der Waals surface area contributed by atoms with E-state index in [1.54, 1.807) is 0 Å². The van der Waals surface area contributed by atoms with Crippen LogP contribution in [0, 0.1) is 6.92 Å². The molecule has 2 aromatic heterocycles. The first kappa shape index (κ1) is 15.8. The molecule has 1 unspecified atom stereocenters. The van der Waals surface area contributed by atoms with E-state index in [9.17, 15) is 0 Å². The van der Waals surface area contributed by atoms with Gasteiger partial charge >= 0.3 is 0 Å². The number of hydrogen-bond donors (Lipinski definition) is 1. The molecule has 0 aliphatic carbocycles. The van der Waals surface area contributed by atoms with Gasteiger partial charge in [0.1, 0.15) is 0 Å². The molecule has 0 aliphatic heterocycles. The molecular formula is C16H27N5. The normalized spacial score (nSPS) is 12.8. The predicted molar refractivity (Wildman–Crippen MR) is 85.3 cm³/mol. The van der Waals surface area contributed by atoms with Gasteiger partial charge in [-0.05, 0) is 51.8 Å². The Hall–Kier alpha value is -1.62. The molecule has 0 bridgehead atoms. The summed E-state index contributed by atoms with van der Waals surface area (Å²) >= 11 is 0. The predicted octanol–water partition coefficient (Wildman–Crippen LogP) is 2.71. The number of aryl methyl sites for hydroxylation is 3. The van der Waals surface area contributed by atoms with Crippen LogP contribution in [-0.4, -0.2) is 26.1 Å². The summed E-state index contributed by atoms with van der Waals surface area (Å²) in [6.45, 7) is 11.3. The Morgan fingerprint density at radius 1 is 1.24 bits per heavy atom. The molecule has 116 valence electrons. The van der Waals surface area contributed by atoms with Crippen LogP contribution in [0.2, 0.25) is 0 Å². The number of aromatic nitrogens is 4. The van der Waals surface area contributed by atoms with E-state index < -0.39 is 0 Å². The second-order valence-electron chi connectivity index (χ2n) is 5.44. The molecule has 2 heterocycles. The Morgan fingerprint density at radius 3 is 2.67 bits per heavy atom. The van der Waals surface area contributed by atoms with Crippen molar-refractivity contribution < 1.29 is 0 Å². The molecule has 0 radical (unpaired) electrons. The summed E-state index contributed by atoms with van der Waals surface area (Å²) in [5.74, 6) is 0. The highest BCUT2D eigenvalue weighted by Crippen LogP contribution is 2.20. The van der Waals surface area contributed by atoms with Gasteiger partial charge < -0.3 is 5.32 Å². The van der Waals surface area contributed by atoms with Gasteiger partial charge in [0.2, 0.25) is 0 Å². The summed E-state index contributed by atoms with van der Waals surface area (Å²) < 4.78 is 4.08. The minimum atomic E-state index is 0.292. The van der Waals surface area contributed by atoms with Crippen molar-refractivity contribution in [2.24, 2.45) is 0 Å². The number of nitrogens with zero attached hydrogens (tertiary/aromatic N) is 4. The summed E-state index contributed by atoms with van der Waals surface area (Å²) in [6.07, 6.45) is 6.19. The Labute approximate surface area is 127 Å². The van der Waals surface area contributed by atoms with E-state index in [2.05, 4.69) is 60.2 Å². The SMILES string of the molecule is CCCNC(Cc1cnn(CC)c1)c1cc(C)nn1CC. The topological polar surface area (TPSA) is 47.7 Å². The molecule has 5 heteroatoms. The first-order chi connectivity index (χ1) is 10.2. The fourth-order valence-corrected chi connectivity index (χ4v) is 2.62. The summed E-state index contributed by atoms with van der Waals surface area (Å²) in [5, 5.41) is 12.6. The van der Waals surface area contributed by atoms with Gasteiger partial charge in [0.25, 0.3) is 0 Å². The fourth-order valence-electron chi connectivity index (χ4n) is 2.62. The molecule has 0 saturated carbocycles. The first-order valence-electron chi connectivity index (χ1n) is 7.96. The van der Waals surface area contributed by atoms with E-state index in [1.165, 1.54) is 11.3 Å². The van der Waals surface area contributed by atoms with Crippen molar-refractivity contribution in [2.75, 3.05) is 6.54 Å². The van der Waals surface area contributed by atoms with Crippen molar-refractivity contribution in [3.05, 3.63) is 35.4 Å². The molecule has 0 fully saturated rings. The lowest BCUT2D eigenvalue weighted by molar-refractivity contribution is 0.478. The molecule has 0 amide bonds. The third-order valence-corrected chi connectivity index (χ3v) is 3.68. The van der Waals surface area contributed by atoms with Gasteiger partial charge in [-0.3, -0.25) is 9.36 Å². The van der Waals surface area contributed by atoms with Crippen LogP contribution in [-0.2, 0) is 19.5 Å². The molecule has 5 nitrogen and oxygen atoms in total. The summed E-state index contributed by atoms with van der Waals surface area (Å²) in [6, 6.07) is 2.49. The molecule has 1 atom stereocenters. The average molecular weight is 289 g/mol. The highest BCUT2D eigenvalue weighted by atomic mass is 15.3. The average Bonchev–Trinajstić information content (AvgIpc) is 3.09. The number of rotatable bonds is 8. The zero-order chi connectivity index (χ0) is 15.2. The third kappa shape index (κ3) is 3.94. The fraction of sp³-hybridized carbons (Fsp3) is 0.625. The van der Waals surface area contributed by atoms with Crippen LogP contribution in [0.15, 0.2) is 18.5 Å². The van der Waals surface area contributed by atoms with Gasteiger partial charge in [-0.1, -0.05) is 6.92 Å². The standard InChI is InChI=1S/C16H27N5/c1-5-8-17-15(10-14-11-18-20(6-2)12-14)16-9-13(4)19-21(16)7-3/h9,11-12,15,17H,5-8,10H2,1-4H3. The van der Waals surface area contributed by atoms with Crippen LogP contribution in [0.1, 0.15) is 50.2 Å². The Balaban J connectivity index is 2.20. The smallest absolute Gasteiger partial charge is 0.0597 e. The van der Waals surface area contributed by atoms with E-state index in [-0.39, 0.29) is 0 Å². The molecule has 0 spiro atoms. The molecule has 0 saturated heterocycles. The second kappa shape index (κ2) is 7.41. The minimum absolute atomic E-state index is 0.292. The summed E-state index contributed by atoms with van der Waals surface area (Å²) in [5.41, 5.74) is 3.62. The minimum Gasteiger partial charge on any atom is -0.308 e. The van der Waals surface area contributed by atoms with Crippen molar-refractivity contribution in [3.63, 3.8) is 0 Å². The van der Waals surface area contributed by atoms with E-state index >= 15 is 0 Å². The Kier molecular flexibility index (Phi) is 5.56. The van der Waals surface area contributed by atoms with Crippen LogP contribution in [0.3, 0.4) is 0 Å². The highest BCUT2D eigenvalue weighted by molar-refractivity contribution is 5.17. The largest absolute Gasteiger partial charge is 0.308 e. The van der Waals surface area contributed by atoms with Crippen molar-refractivity contribution in [1.29, 1.82) is 0 Å². The highest BCUT2D eigenvalue weighted by Gasteiger charge is 2.17. The molecule has 0 aromatic carbocycles. The maximum atomic E-state index is 4.58. The van der Waals surface area contributed by atoms with Gasteiger partial charge in [-0.25, -0.2) is 0 Å². The van der Waals surface area contributed by atoms with Crippen molar-refractivity contribution in [1.82, 2.24) is 24.9 Å². The van der Waals surface area contributed by atoms with E-state index in [1.807, 2.05) is 10.9 Å². The number of hydrogen-bond acceptors (Lipinski definition) is 3. The lowest BCUT2D eigenvalue weighted by Crippen LogP contribution is -2.26. The van der Waals surface area contributed by atoms with Crippen molar-refractivity contribution >= 4 is 0 Å². The van der Waals surface area contributed by atoms with E-state index in [0.717, 1.165) is 38.2 Å². The molecule has 2 rings (SSSR count). The number of nitrogens with one attached hydrogen (secondary N) is 1. The van der Waals surface area contributed by atoms with Gasteiger partial charge in [0.15, 0.2) is 0 Å². The van der Waals surface area contributed by atoms with Crippen LogP contribution in [0.4, 0.5) is 0 Å². The van der Waals surface area contributed by atoms with Crippen molar-refractivity contribution in [2.45, 2.75) is 59.7 Å². The van der Waals surface area contributed by atoms with Gasteiger partial charge in [-0.2, -0.15) is 10.2 Å². The molecule has 2 aromatic rings. The zero-order valence-electron chi connectivity index (χ0n) is 13.6. The van der Waals surface area contributed by atoms with E-state index in [4.69, 9.17) is 0 Å². The quantitative estimate of drug-likeness (QED) is 0.813. The summed E-state index contributed by atoms with van der Waals surface area (Å²) in [7, 11) is 0. The van der Waals surface area contributed by atoms with E-state index in [0.29, 0.717) is 6.04 Å². The van der Waals surface area contributed by atoms with Crippen molar-refractivity contribution in [3.8, 4) is 0 Å². The van der Waals surface area contributed by atoms with Crippen LogP contribution in [0.25, 0.3) is 0 Å². The zero-order valence-corrected chi connectivity index (χ0v) is 13.6.